The lowest BCUT2D eigenvalue weighted by Gasteiger charge is -2.15. The summed E-state index contributed by atoms with van der Waals surface area (Å²) in [6.45, 7) is 2.12. The van der Waals surface area contributed by atoms with Gasteiger partial charge in [0.15, 0.2) is 0 Å². The van der Waals surface area contributed by atoms with Gasteiger partial charge in [0.2, 0.25) is 5.91 Å². The van der Waals surface area contributed by atoms with E-state index in [9.17, 15) is 18.8 Å². The van der Waals surface area contributed by atoms with Crippen molar-refractivity contribution in [1.29, 1.82) is 0 Å². The normalized spacial score (nSPS) is 16.2. The second-order valence-electron chi connectivity index (χ2n) is 6.61. The first-order valence-corrected chi connectivity index (χ1v) is 11.2. The maximum Gasteiger partial charge on any atom is 0.293 e. The molecule has 0 radical (unpaired) electrons. The fourth-order valence-electron chi connectivity index (χ4n) is 2.71. The van der Waals surface area contributed by atoms with E-state index >= 15 is 0 Å². The SMILES string of the molecule is CC(SCc1ccccc1)C(=O)NCCN1C(=O)S/C(=C\c2ccc(F)cc2)C1=O. The molecule has 8 heteroatoms. The molecule has 0 aliphatic carbocycles. The molecule has 1 unspecified atom stereocenters. The van der Waals surface area contributed by atoms with E-state index in [2.05, 4.69) is 5.32 Å². The van der Waals surface area contributed by atoms with E-state index in [0.717, 1.165) is 28.0 Å². The van der Waals surface area contributed by atoms with Crippen molar-refractivity contribution in [3.63, 3.8) is 0 Å². The number of hydrogen-bond acceptors (Lipinski definition) is 5. The summed E-state index contributed by atoms with van der Waals surface area (Å²) in [5.74, 6) is -0.181. The highest BCUT2D eigenvalue weighted by Gasteiger charge is 2.34. The summed E-state index contributed by atoms with van der Waals surface area (Å²) in [5.41, 5.74) is 1.78. The summed E-state index contributed by atoms with van der Waals surface area (Å²) in [7, 11) is 0. The Balaban J connectivity index is 1.47. The van der Waals surface area contributed by atoms with Crippen LogP contribution in [0.5, 0.6) is 0 Å². The Hall–Kier alpha value is -2.58. The fraction of sp³-hybridized carbons (Fsp3) is 0.227. The van der Waals surface area contributed by atoms with E-state index in [1.807, 2.05) is 37.3 Å². The Kier molecular flexibility index (Phi) is 7.70. The zero-order valence-corrected chi connectivity index (χ0v) is 18.0. The van der Waals surface area contributed by atoms with Crippen LogP contribution in [0.1, 0.15) is 18.1 Å². The van der Waals surface area contributed by atoms with Gasteiger partial charge in [-0.05, 0) is 48.0 Å². The quantitative estimate of drug-likeness (QED) is 0.615. The molecule has 1 saturated heterocycles. The van der Waals surface area contributed by atoms with Gasteiger partial charge in [-0.1, -0.05) is 42.5 Å². The molecule has 1 fully saturated rings. The van der Waals surface area contributed by atoms with Crippen molar-refractivity contribution >= 4 is 46.7 Å². The van der Waals surface area contributed by atoms with Crippen LogP contribution >= 0.6 is 23.5 Å². The van der Waals surface area contributed by atoms with Gasteiger partial charge in [0, 0.05) is 18.8 Å². The van der Waals surface area contributed by atoms with Gasteiger partial charge in [-0.15, -0.1) is 11.8 Å². The fourth-order valence-corrected chi connectivity index (χ4v) is 4.44. The van der Waals surface area contributed by atoms with Crippen LogP contribution in [0, 0.1) is 5.82 Å². The molecule has 1 aliphatic rings. The van der Waals surface area contributed by atoms with Crippen LogP contribution in [-0.4, -0.2) is 40.3 Å². The van der Waals surface area contributed by atoms with Crippen LogP contribution < -0.4 is 5.32 Å². The maximum atomic E-state index is 13.0. The van der Waals surface area contributed by atoms with Gasteiger partial charge in [0.25, 0.3) is 11.1 Å². The van der Waals surface area contributed by atoms with Crippen molar-refractivity contribution in [2.45, 2.75) is 17.9 Å². The first-order valence-electron chi connectivity index (χ1n) is 9.38. The van der Waals surface area contributed by atoms with Crippen LogP contribution in [0.4, 0.5) is 9.18 Å². The summed E-state index contributed by atoms with van der Waals surface area (Å²) in [6.07, 6.45) is 1.56. The number of thioether (sulfide) groups is 2. The third kappa shape index (κ3) is 5.96. The van der Waals surface area contributed by atoms with Crippen molar-refractivity contribution in [1.82, 2.24) is 10.2 Å². The number of hydrogen-bond donors (Lipinski definition) is 1. The number of nitrogens with one attached hydrogen (secondary N) is 1. The molecule has 2 aromatic rings. The molecule has 30 heavy (non-hydrogen) atoms. The second kappa shape index (κ2) is 10.4. The molecule has 0 bridgehead atoms. The third-order valence-electron chi connectivity index (χ3n) is 4.39. The van der Waals surface area contributed by atoms with Gasteiger partial charge in [0.1, 0.15) is 5.82 Å². The molecule has 2 aromatic carbocycles. The summed E-state index contributed by atoms with van der Waals surface area (Å²) in [6, 6.07) is 15.6. The Labute approximate surface area is 183 Å². The number of imide groups is 1. The van der Waals surface area contributed by atoms with E-state index < -0.39 is 5.91 Å². The molecular formula is C22H21FN2O3S2. The number of nitrogens with zero attached hydrogens (tertiary/aromatic N) is 1. The van der Waals surface area contributed by atoms with E-state index in [1.165, 1.54) is 36.0 Å². The number of benzene rings is 2. The van der Waals surface area contributed by atoms with Crippen molar-refractivity contribution in [3.05, 3.63) is 76.4 Å². The largest absolute Gasteiger partial charge is 0.353 e. The lowest BCUT2D eigenvalue weighted by molar-refractivity contribution is -0.124. The average molecular weight is 445 g/mol. The minimum absolute atomic E-state index is 0.104. The molecule has 0 aromatic heterocycles. The van der Waals surface area contributed by atoms with Crippen molar-refractivity contribution < 1.29 is 18.8 Å². The summed E-state index contributed by atoms with van der Waals surface area (Å²) >= 11 is 2.36. The molecule has 1 heterocycles. The minimum atomic E-state index is -0.407. The van der Waals surface area contributed by atoms with Crippen LogP contribution in [0.3, 0.4) is 0 Å². The van der Waals surface area contributed by atoms with Gasteiger partial charge in [0.05, 0.1) is 10.2 Å². The molecule has 1 atom stereocenters. The molecular weight excluding hydrogens is 423 g/mol. The van der Waals surface area contributed by atoms with Crippen molar-refractivity contribution in [3.8, 4) is 0 Å². The Bertz CT molecular complexity index is 949. The zero-order chi connectivity index (χ0) is 21.5. The molecule has 1 aliphatic heterocycles. The van der Waals surface area contributed by atoms with Crippen LogP contribution in [0.25, 0.3) is 6.08 Å². The summed E-state index contributed by atoms with van der Waals surface area (Å²) < 4.78 is 13.0. The third-order valence-corrected chi connectivity index (χ3v) is 6.51. The molecule has 1 N–H and O–H groups in total. The van der Waals surface area contributed by atoms with Crippen LogP contribution in [0.2, 0.25) is 0 Å². The Morgan fingerprint density at radius 2 is 1.87 bits per heavy atom. The number of carbonyl (C=O) groups is 3. The molecule has 5 nitrogen and oxygen atoms in total. The molecule has 0 saturated carbocycles. The lowest BCUT2D eigenvalue weighted by Crippen LogP contribution is -2.39. The van der Waals surface area contributed by atoms with Crippen molar-refractivity contribution in [2.24, 2.45) is 0 Å². The van der Waals surface area contributed by atoms with Gasteiger partial charge in [-0.2, -0.15) is 0 Å². The number of halogens is 1. The van der Waals surface area contributed by atoms with Crippen molar-refractivity contribution in [2.75, 3.05) is 13.1 Å². The van der Waals surface area contributed by atoms with Gasteiger partial charge < -0.3 is 5.32 Å². The summed E-state index contributed by atoms with van der Waals surface area (Å²) in [5, 5.41) is 2.15. The average Bonchev–Trinajstić information content (AvgIpc) is 3.01. The smallest absolute Gasteiger partial charge is 0.293 e. The minimum Gasteiger partial charge on any atom is -0.353 e. The standard InChI is InChI=1S/C22H21FN2O3S2/c1-15(29-14-17-5-3-2-4-6-17)20(26)24-11-12-25-21(27)19(30-22(25)28)13-16-7-9-18(23)10-8-16/h2-10,13,15H,11-12,14H2,1H3,(H,24,26)/b19-13-. The highest BCUT2D eigenvalue weighted by atomic mass is 32.2. The molecule has 3 rings (SSSR count). The van der Waals surface area contributed by atoms with Crippen LogP contribution in [-0.2, 0) is 15.3 Å². The predicted octanol–water partition coefficient (Wildman–Crippen LogP) is 4.30. The van der Waals surface area contributed by atoms with E-state index in [-0.39, 0.29) is 40.2 Å². The predicted molar refractivity (Wildman–Crippen MR) is 119 cm³/mol. The zero-order valence-electron chi connectivity index (χ0n) is 16.3. The van der Waals surface area contributed by atoms with Gasteiger partial charge >= 0.3 is 0 Å². The van der Waals surface area contributed by atoms with Crippen LogP contribution in [0.15, 0.2) is 59.5 Å². The Morgan fingerprint density at radius 1 is 1.17 bits per heavy atom. The lowest BCUT2D eigenvalue weighted by atomic mass is 10.2. The van der Waals surface area contributed by atoms with E-state index in [1.54, 1.807) is 6.08 Å². The Morgan fingerprint density at radius 3 is 2.57 bits per heavy atom. The molecule has 3 amide bonds. The maximum absolute atomic E-state index is 13.0. The number of amides is 3. The molecule has 0 spiro atoms. The monoisotopic (exact) mass is 444 g/mol. The number of rotatable bonds is 8. The van der Waals surface area contributed by atoms with Gasteiger partial charge in [-0.3, -0.25) is 19.3 Å². The highest BCUT2D eigenvalue weighted by molar-refractivity contribution is 8.18. The second-order valence-corrected chi connectivity index (χ2v) is 8.94. The number of carbonyl (C=O) groups excluding carboxylic acids is 3. The first-order chi connectivity index (χ1) is 14.4. The van der Waals surface area contributed by atoms with E-state index in [4.69, 9.17) is 0 Å². The first kappa shape index (κ1) is 22.1. The molecule has 156 valence electrons. The van der Waals surface area contributed by atoms with Gasteiger partial charge in [-0.25, -0.2) is 4.39 Å². The topological polar surface area (TPSA) is 66.5 Å². The summed E-state index contributed by atoms with van der Waals surface area (Å²) in [4.78, 5) is 38.3. The highest BCUT2D eigenvalue weighted by Crippen LogP contribution is 2.31. The van der Waals surface area contributed by atoms with E-state index in [0.29, 0.717) is 5.56 Å².